The van der Waals surface area contributed by atoms with Crippen LogP contribution in [-0.4, -0.2) is 32.9 Å². The Labute approximate surface area is 193 Å². The van der Waals surface area contributed by atoms with Crippen molar-refractivity contribution in [2.45, 2.75) is 39.3 Å². The van der Waals surface area contributed by atoms with E-state index in [1.807, 2.05) is 90.5 Å². The molecular weight excluding hydrogens is 416 g/mol. The van der Waals surface area contributed by atoms with Gasteiger partial charge in [-0.15, -0.1) is 0 Å². The molecule has 0 bridgehead atoms. The van der Waals surface area contributed by atoms with Crippen molar-refractivity contribution in [2.24, 2.45) is 0 Å². The molecule has 0 atom stereocenters. The van der Waals surface area contributed by atoms with Gasteiger partial charge in [0.1, 0.15) is 5.54 Å². The van der Waals surface area contributed by atoms with Gasteiger partial charge < -0.3 is 15.0 Å². The Hall–Kier alpha value is -3.93. The second-order valence-corrected chi connectivity index (χ2v) is 8.54. The Morgan fingerprint density at radius 1 is 1.03 bits per heavy atom. The van der Waals surface area contributed by atoms with Crippen LogP contribution in [0, 0.1) is 6.92 Å². The number of allylic oxidation sites excluding steroid dienone is 1. The number of carboxylic acids is 1. The van der Waals surface area contributed by atoms with Crippen molar-refractivity contribution in [2.75, 3.05) is 0 Å². The van der Waals surface area contributed by atoms with Gasteiger partial charge in [0, 0.05) is 18.3 Å². The highest BCUT2D eigenvalue weighted by atomic mass is 16.4. The molecule has 0 radical (unpaired) electrons. The third-order valence-electron chi connectivity index (χ3n) is 5.29. The summed E-state index contributed by atoms with van der Waals surface area (Å²) in [6.45, 7) is 5.41. The van der Waals surface area contributed by atoms with Crippen LogP contribution in [0.5, 0.6) is 0 Å². The van der Waals surface area contributed by atoms with E-state index < -0.39 is 11.5 Å². The van der Waals surface area contributed by atoms with Gasteiger partial charge in [-0.2, -0.15) is 0 Å². The van der Waals surface area contributed by atoms with Gasteiger partial charge in [-0.3, -0.25) is 9.59 Å². The van der Waals surface area contributed by atoms with Crippen molar-refractivity contribution in [1.82, 2.24) is 9.88 Å². The lowest BCUT2D eigenvalue weighted by atomic mass is 10.0. The van der Waals surface area contributed by atoms with E-state index in [4.69, 9.17) is 5.11 Å². The highest BCUT2D eigenvalue weighted by molar-refractivity contribution is 6.08. The number of nitrogens with zero attached hydrogens (tertiary/aromatic N) is 1. The molecule has 6 heteroatoms. The fourth-order valence-corrected chi connectivity index (χ4v) is 3.37. The quantitative estimate of drug-likeness (QED) is 0.483. The molecule has 0 saturated carbocycles. The van der Waals surface area contributed by atoms with Crippen LogP contribution in [0.25, 0.3) is 6.08 Å². The summed E-state index contributed by atoms with van der Waals surface area (Å²) in [4.78, 5) is 36.3. The van der Waals surface area contributed by atoms with Crippen LogP contribution >= 0.6 is 0 Å². The summed E-state index contributed by atoms with van der Waals surface area (Å²) in [7, 11) is 0. The van der Waals surface area contributed by atoms with Gasteiger partial charge in [-0.1, -0.05) is 66.2 Å². The summed E-state index contributed by atoms with van der Waals surface area (Å²) in [5, 5.41) is 11.7. The number of carbonyl (C=O) groups is 3. The SMILES string of the molecule is Cc1ccc(C(=O)c2cccn2C/C=C/c2cccc(CC(=O)NC(C)(C)C(=O)O)c2)cc1. The molecule has 0 unspecified atom stereocenters. The van der Waals surface area contributed by atoms with Crippen molar-refractivity contribution in [3.8, 4) is 0 Å². The summed E-state index contributed by atoms with van der Waals surface area (Å²) < 4.78 is 1.89. The number of hydrogen-bond acceptors (Lipinski definition) is 3. The second-order valence-electron chi connectivity index (χ2n) is 8.54. The largest absolute Gasteiger partial charge is 0.480 e. The Morgan fingerprint density at radius 2 is 1.76 bits per heavy atom. The number of aliphatic carboxylic acids is 1. The van der Waals surface area contributed by atoms with Crippen molar-refractivity contribution in [3.05, 3.63) is 101 Å². The lowest BCUT2D eigenvalue weighted by Crippen LogP contribution is -2.50. The van der Waals surface area contributed by atoms with Crippen LogP contribution in [0.15, 0.2) is 72.9 Å². The molecule has 1 heterocycles. The zero-order valence-corrected chi connectivity index (χ0v) is 19.0. The molecule has 33 heavy (non-hydrogen) atoms. The Bertz CT molecular complexity index is 1190. The van der Waals surface area contributed by atoms with Gasteiger partial charge in [-0.05, 0) is 44.0 Å². The van der Waals surface area contributed by atoms with Crippen LogP contribution in [0.4, 0.5) is 0 Å². The third kappa shape index (κ3) is 6.29. The Kier molecular flexibility index (Phi) is 7.28. The number of rotatable bonds is 9. The minimum atomic E-state index is -1.32. The van der Waals surface area contributed by atoms with E-state index in [9.17, 15) is 14.4 Å². The maximum Gasteiger partial charge on any atom is 0.328 e. The molecule has 0 fully saturated rings. The number of aromatic nitrogens is 1. The van der Waals surface area contributed by atoms with Crippen LogP contribution in [0.2, 0.25) is 0 Å². The van der Waals surface area contributed by atoms with Gasteiger partial charge in [-0.25, -0.2) is 4.79 Å². The highest BCUT2D eigenvalue weighted by Crippen LogP contribution is 2.14. The van der Waals surface area contributed by atoms with Crippen LogP contribution in [0.1, 0.15) is 46.6 Å². The number of ketones is 1. The number of amides is 1. The molecule has 1 amide bonds. The molecule has 3 rings (SSSR count). The predicted octanol–water partition coefficient (Wildman–Crippen LogP) is 4.26. The van der Waals surface area contributed by atoms with E-state index in [0.29, 0.717) is 17.8 Å². The van der Waals surface area contributed by atoms with E-state index in [1.54, 1.807) is 0 Å². The van der Waals surface area contributed by atoms with Gasteiger partial charge in [0.25, 0.3) is 0 Å². The minimum absolute atomic E-state index is 0.0225. The van der Waals surface area contributed by atoms with E-state index in [1.165, 1.54) is 13.8 Å². The fourth-order valence-electron chi connectivity index (χ4n) is 3.37. The number of carboxylic acid groups (broad SMARTS) is 1. The Balaban J connectivity index is 1.64. The fraction of sp³-hybridized carbons (Fsp3) is 0.222. The maximum absolute atomic E-state index is 12.8. The number of carbonyl (C=O) groups excluding carboxylic acids is 2. The van der Waals surface area contributed by atoms with Gasteiger partial charge in [0.2, 0.25) is 11.7 Å². The monoisotopic (exact) mass is 444 g/mol. The maximum atomic E-state index is 12.8. The lowest BCUT2D eigenvalue weighted by molar-refractivity contribution is -0.145. The molecule has 170 valence electrons. The van der Waals surface area contributed by atoms with E-state index in [0.717, 1.165) is 16.7 Å². The number of nitrogens with one attached hydrogen (secondary N) is 1. The van der Waals surface area contributed by atoms with E-state index in [2.05, 4.69) is 5.32 Å². The molecule has 0 saturated heterocycles. The first-order valence-electron chi connectivity index (χ1n) is 10.7. The zero-order chi connectivity index (χ0) is 24.0. The first-order chi connectivity index (χ1) is 15.7. The summed E-state index contributed by atoms with van der Waals surface area (Å²) in [5.41, 5.74) is 2.76. The first-order valence-corrected chi connectivity index (χ1v) is 10.7. The van der Waals surface area contributed by atoms with Gasteiger partial charge in [0.15, 0.2) is 0 Å². The third-order valence-corrected chi connectivity index (χ3v) is 5.29. The molecule has 2 aromatic carbocycles. The molecule has 0 spiro atoms. The Morgan fingerprint density at radius 3 is 2.45 bits per heavy atom. The van der Waals surface area contributed by atoms with E-state index >= 15 is 0 Å². The standard InChI is InChI=1S/C27H28N2O4/c1-19-11-13-22(14-12-19)25(31)23-10-6-16-29(23)15-5-9-20-7-4-8-21(17-20)18-24(30)28-27(2,3)26(32)33/h4-14,16-17H,15,18H2,1-3H3,(H,28,30)(H,32,33)/b9-5+. The summed E-state index contributed by atoms with van der Waals surface area (Å²) >= 11 is 0. The molecule has 1 aromatic heterocycles. The number of hydrogen-bond donors (Lipinski definition) is 2. The van der Waals surface area contributed by atoms with Gasteiger partial charge >= 0.3 is 5.97 Å². The van der Waals surface area contributed by atoms with Crippen LogP contribution in [0.3, 0.4) is 0 Å². The summed E-state index contributed by atoms with van der Waals surface area (Å²) in [6.07, 6.45) is 5.85. The molecule has 0 aliphatic heterocycles. The number of benzene rings is 2. The molecule has 2 N–H and O–H groups in total. The molecule has 6 nitrogen and oxygen atoms in total. The minimum Gasteiger partial charge on any atom is -0.480 e. The average Bonchev–Trinajstić information content (AvgIpc) is 3.22. The van der Waals surface area contributed by atoms with Crippen molar-refractivity contribution >= 4 is 23.7 Å². The highest BCUT2D eigenvalue weighted by Gasteiger charge is 2.28. The molecule has 0 aliphatic rings. The predicted molar refractivity (Wildman–Crippen MR) is 128 cm³/mol. The molecular formula is C27H28N2O4. The molecule has 3 aromatic rings. The van der Waals surface area contributed by atoms with Crippen LogP contribution < -0.4 is 5.32 Å². The van der Waals surface area contributed by atoms with Crippen molar-refractivity contribution < 1.29 is 19.5 Å². The topological polar surface area (TPSA) is 88.4 Å². The summed E-state index contributed by atoms with van der Waals surface area (Å²) in [6, 6.07) is 18.7. The smallest absolute Gasteiger partial charge is 0.328 e. The summed E-state index contributed by atoms with van der Waals surface area (Å²) in [5.74, 6) is -1.46. The van der Waals surface area contributed by atoms with E-state index in [-0.39, 0.29) is 18.1 Å². The normalized spacial score (nSPS) is 11.5. The molecule has 0 aliphatic carbocycles. The lowest BCUT2D eigenvalue weighted by Gasteiger charge is -2.21. The van der Waals surface area contributed by atoms with Crippen molar-refractivity contribution in [1.29, 1.82) is 0 Å². The average molecular weight is 445 g/mol. The van der Waals surface area contributed by atoms with Crippen LogP contribution in [-0.2, 0) is 22.6 Å². The second kappa shape index (κ2) is 10.1. The first kappa shape index (κ1) is 23.7. The van der Waals surface area contributed by atoms with Gasteiger partial charge in [0.05, 0.1) is 12.1 Å². The number of aryl methyl sites for hydroxylation is 1. The zero-order valence-electron chi connectivity index (χ0n) is 19.0. The van der Waals surface area contributed by atoms with Crippen molar-refractivity contribution in [3.63, 3.8) is 0 Å².